The van der Waals surface area contributed by atoms with E-state index in [0.29, 0.717) is 11.5 Å². The van der Waals surface area contributed by atoms with Gasteiger partial charge in [0.05, 0.1) is 6.07 Å². The maximum Gasteiger partial charge on any atom is 0.234 e. The highest BCUT2D eigenvalue weighted by Crippen LogP contribution is 2.38. The summed E-state index contributed by atoms with van der Waals surface area (Å²) in [6.45, 7) is 4.55. The molecule has 0 unspecified atom stereocenters. The minimum atomic E-state index is -0.123. The molecule has 0 aromatic rings. The van der Waals surface area contributed by atoms with Gasteiger partial charge in [-0.1, -0.05) is 20.3 Å². The number of nitriles is 1. The van der Waals surface area contributed by atoms with Gasteiger partial charge in [-0.2, -0.15) is 5.26 Å². The fourth-order valence-electron chi connectivity index (χ4n) is 2.16. The topological polar surface area (TPSA) is 52.9 Å². The van der Waals surface area contributed by atoms with Crippen LogP contribution < -0.4 is 5.32 Å². The first kappa shape index (κ1) is 12.0. The van der Waals surface area contributed by atoms with Crippen molar-refractivity contribution in [3.05, 3.63) is 0 Å². The Morgan fingerprint density at radius 1 is 1.53 bits per heavy atom. The number of nitrogens with zero attached hydrogens (tertiary/aromatic N) is 1. The lowest BCUT2D eigenvalue weighted by molar-refractivity contribution is -0.121. The molecular weight excluding hydrogens is 188 g/mol. The predicted octanol–water partition coefficient (Wildman–Crippen LogP) is 2.38. The Bertz CT molecular complexity index is 259. The van der Waals surface area contributed by atoms with Crippen molar-refractivity contribution in [2.24, 2.45) is 5.41 Å². The van der Waals surface area contributed by atoms with E-state index in [1.54, 1.807) is 0 Å². The summed E-state index contributed by atoms with van der Waals surface area (Å²) in [5.41, 5.74) is 0.469. The summed E-state index contributed by atoms with van der Waals surface area (Å²) in [5, 5.41) is 11.3. The molecule has 0 heterocycles. The number of amides is 1. The number of carbonyl (C=O) groups excluding carboxylic acids is 1. The molecule has 0 radical (unpaired) electrons. The molecule has 0 bridgehead atoms. The van der Waals surface area contributed by atoms with E-state index in [1.165, 1.54) is 19.3 Å². The van der Waals surface area contributed by atoms with Crippen molar-refractivity contribution in [1.29, 1.82) is 5.26 Å². The third-order valence-electron chi connectivity index (χ3n) is 3.65. The lowest BCUT2D eigenvalue weighted by atomic mass is 9.72. The van der Waals surface area contributed by atoms with E-state index in [4.69, 9.17) is 5.26 Å². The normalized spacial score (nSPS) is 30.6. The number of hydrogen-bond donors (Lipinski definition) is 1. The summed E-state index contributed by atoms with van der Waals surface area (Å²) in [7, 11) is 0. The molecule has 0 aliphatic heterocycles. The van der Waals surface area contributed by atoms with Crippen LogP contribution in [-0.2, 0) is 4.79 Å². The summed E-state index contributed by atoms with van der Waals surface area (Å²) in [5.74, 6) is -0.123. The molecule has 0 aromatic heterocycles. The van der Waals surface area contributed by atoms with Crippen molar-refractivity contribution in [3.63, 3.8) is 0 Å². The van der Waals surface area contributed by atoms with E-state index < -0.39 is 0 Å². The van der Waals surface area contributed by atoms with Crippen LogP contribution in [0.15, 0.2) is 0 Å². The van der Waals surface area contributed by atoms with Crippen LogP contribution in [-0.4, -0.2) is 11.9 Å². The Kier molecular flexibility index (Phi) is 4.14. The van der Waals surface area contributed by atoms with Gasteiger partial charge in [-0.15, -0.1) is 0 Å². The third kappa shape index (κ3) is 3.54. The Morgan fingerprint density at radius 3 is 2.60 bits per heavy atom. The van der Waals surface area contributed by atoms with Crippen LogP contribution in [0.4, 0.5) is 0 Å². The van der Waals surface area contributed by atoms with Gasteiger partial charge >= 0.3 is 0 Å². The van der Waals surface area contributed by atoms with Gasteiger partial charge in [0.2, 0.25) is 5.91 Å². The van der Waals surface area contributed by atoms with Gasteiger partial charge in [0.15, 0.2) is 0 Å². The second kappa shape index (κ2) is 5.16. The van der Waals surface area contributed by atoms with Crippen molar-refractivity contribution in [2.75, 3.05) is 0 Å². The van der Waals surface area contributed by atoms with Crippen LogP contribution in [0.3, 0.4) is 0 Å². The Hall–Kier alpha value is -1.04. The zero-order chi connectivity index (χ0) is 11.3. The largest absolute Gasteiger partial charge is 0.352 e. The van der Waals surface area contributed by atoms with E-state index in [9.17, 15) is 4.79 Å². The summed E-state index contributed by atoms with van der Waals surface area (Å²) in [6, 6.07) is 2.17. The van der Waals surface area contributed by atoms with Gasteiger partial charge in [-0.25, -0.2) is 0 Å². The third-order valence-corrected chi connectivity index (χ3v) is 3.65. The maximum atomic E-state index is 11.2. The highest BCUT2D eigenvalue weighted by Gasteiger charge is 2.29. The average Bonchev–Trinajstić information content (AvgIpc) is 2.22. The summed E-state index contributed by atoms with van der Waals surface area (Å²) < 4.78 is 0. The lowest BCUT2D eigenvalue weighted by Crippen LogP contribution is -2.39. The van der Waals surface area contributed by atoms with Crippen molar-refractivity contribution < 1.29 is 4.79 Å². The fourth-order valence-corrected chi connectivity index (χ4v) is 2.16. The van der Waals surface area contributed by atoms with Crippen LogP contribution in [0, 0.1) is 16.7 Å². The minimum Gasteiger partial charge on any atom is -0.352 e. The molecule has 3 nitrogen and oxygen atoms in total. The molecule has 1 saturated carbocycles. The summed E-state index contributed by atoms with van der Waals surface area (Å²) >= 11 is 0. The van der Waals surface area contributed by atoms with Gasteiger partial charge < -0.3 is 5.32 Å². The molecule has 0 atom stereocenters. The first-order valence-electron chi connectivity index (χ1n) is 5.76. The molecule has 1 rings (SSSR count). The second-order valence-electron chi connectivity index (χ2n) is 4.84. The standard InChI is InChI=1S/C12H20N2O/c1-3-12(2)7-4-10(5-8-12)14-11(15)6-9-13/h10H,3-8H2,1-2H3,(H,14,15). The molecule has 3 heteroatoms. The minimum absolute atomic E-state index is 0.0124. The lowest BCUT2D eigenvalue weighted by Gasteiger charge is -2.36. The van der Waals surface area contributed by atoms with Gasteiger partial charge in [0.25, 0.3) is 0 Å². The van der Waals surface area contributed by atoms with Gasteiger partial charge in [-0.05, 0) is 31.1 Å². The quantitative estimate of drug-likeness (QED) is 0.774. The van der Waals surface area contributed by atoms with Crippen LogP contribution in [0.1, 0.15) is 52.4 Å². The highest BCUT2D eigenvalue weighted by molar-refractivity contribution is 5.78. The van der Waals surface area contributed by atoms with E-state index in [-0.39, 0.29) is 12.3 Å². The summed E-state index contributed by atoms with van der Waals surface area (Å²) in [6.07, 6.45) is 5.68. The molecule has 1 amide bonds. The van der Waals surface area contributed by atoms with Crippen LogP contribution >= 0.6 is 0 Å². The van der Waals surface area contributed by atoms with E-state index in [1.807, 2.05) is 6.07 Å². The molecule has 1 aliphatic rings. The number of carbonyl (C=O) groups is 1. The monoisotopic (exact) mass is 208 g/mol. The van der Waals surface area contributed by atoms with Crippen molar-refractivity contribution in [2.45, 2.75) is 58.4 Å². The Labute approximate surface area is 91.9 Å². The van der Waals surface area contributed by atoms with Crippen LogP contribution in [0.25, 0.3) is 0 Å². The van der Waals surface area contributed by atoms with Crippen molar-refractivity contribution >= 4 is 5.91 Å². The average molecular weight is 208 g/mol. The molecule has 0 saturated heterocycles. The molecule has 1 aliphatic carbocycles. The molecule has 15 heavy (non-hydrogen) atoms. The van der Waals surface area contributed by atoms with Gasteiger partial charge in [-0.3, -0.25) is 4.79 Å². The first-order valence-corrected chi connectivity index (χ1v) is 5.76. The van der Waals surface area contributed by atoms with Gasteiger partial charge in [0.1, 0.15) is 6.42 Å². The van der Waals surface area contributed by atoms with Crippen molar-refractivity contribution in [1.82, 2.24) is 5.32 Å². The Balaban J connectivity index is 2.32. The molecule has 0 spiro atoms. The SMILES string of the molecule is CCC1(C)CCC(NC(=O)CC#N)CC1. The zero-order valence-electron chi connectivity index (χ0n) is 9.68. The first-order chi connectivity index (χ1) is 7.09. The molecular formula is C12H20N2O. The number of rotatable bonds is 3. The molecule has 1 fully saturated rings. The van der Waals surface area contributed by atoms with E-state index >= 15 is 0 Å². The predicted molar refractivity (Wildman–Crippen MR) is 59.0 cm³/mol. The summed E-state index contributed by atoms with van der Waals surface area (Å²) in [4.78, 5) is 11.2. The van der Waals surface area contributed by atoms with E-state index in [2.05, 4.69) is 19.2 Å². The zero-order valence-corrected chi connectivity index (χ0v) is 9.68. The van der Waals surface area contributed by atoms with Crippen molar-refractivity contribution in [3.8, 4) is 6.07 Å². The fraction of sp³-hybridized carbons (Fsp3) is 0.833. The smallest absolute Gasteiger partial charge is 0.234 e. The maximum absolute atomic E-state index is 11.2. The highest BCUT2D eigenvalue weighted by atomic mass is 16.1. The van der Waals surface area contributed by atoms with Gasteiger partial charge in [0, 0.05) is 6.04 Å². The molecule has 84 valence electrons. The van der Waals surface area contributed by atoms with E-state index in [0.717, 1.165) is 12.8 Å². The number of hydrogen-bond acceptors (Lipinski definition) is 2. The van der Waals surface area contributed by atoms with Crippen LogP contribution in [0.2, 0.25) is 0 Å². The van der Waals surface area contributed by atoms with Crippen LogP contribution in [0.5, 0.6) is 0 Å². The second-order valence-corrected chi connectivity index (χ2v) is 4.84. The molecule has 0 aromatic carbocycles. The Morgan fingerprint density at radius 2 is 2.13 bits per heavy atom. The number of nitrogens with one attached hydrogen (secondary N) is 1. The molecule has 1 N–H and O–H groups in total.